The molecule has 7 nitrogen and oxygen atoms in total. The van der Waals surface area contributed by atoms with Crippen molar-refractivity contribution in [1.82, 2.24) is 14.6 Å². The number of imidazole rings is 1. The third-order valence-corrected chi connectivity index (χ3v) is 4.24. The van der Waals surface area contributed by atoms with Crippen LogP contribution >= 0.6 is 0 Å². The molecule has 4 rings (SSSR count). The number of benzene rings is 1. The molecule has 0 aliphatic carbocycles. The van der Waals surface area contributed by atoms with Crippen molar-refractivity contribution in [1.29, 1.82) is 0 Å². The molecule has 1 atom stereocenters. The van der Waals surface area contributed by atoms with Crippen LogP contribution in [0.25, 0.3) is 0 Å². The molecule has 0 saturated carbocycles. The molecule has 2 aliphatic heterocycles. The van der Waals surface area contributed by atoms with Crippen molar-refractivity contribution >= 4 is 17.8 Å². The summed E-state index contributed by atoms with van der Waals surface area (Å²) in [5.41, 5.74) is 1.58. The van der Waals surface area contributed by atoms with E-state index in [1.54, 1.807) is 36.8 Å². The zero-order valence-electron chi connectivity index (χ0n) is 12.1. The second kappa shape index (κ2) is 5.05. The van der Waals surface area contributed by atoms with E-state index in [0.29, 0.717) is 24.4 Å². The van der Waals surface area contributed by atoms with Crippen molar-refractivity contribution in [3.63, 3.8) is 0 Å². The second-order valence-corrected chi connectivity index (χ2v) is 5.63. The maximum Gasteiger partial charge on any atom is 0.338 e. The zero-order valence-corrected chi connectivity index (χ0v) is 12.1. The van der Waals surface area contributed by atoms with E-state index in [2.05, 4.69) is 4.98 Å². The summed E-state index contributed by atoms with van der Waals surface area (Å²) in [5.74, 6) is -2.17. The molecule has 1 aromatic heterocycles. The van der Waals surface area contributed by atoms with Gasteiger partial charge < -0.3 is 9.40 Å². The Labute approximate surface area is 131 Å². The van der Waals surface area contributed by atoms with Crippen LogP contribution in [-0.4, -0.2) is 32.4 Å². The van der Waals surface area contributed by atoms with E-state index in [0.717, 1.165) is 5.69 Å². The lowest BCUT2D eigenvalue weighted by Crippen LogP contribution is -2.37. The Bertz CT molecular complexity index is 791. The summed E-state index contributed by atoms with van der Waals surface area (Å²) in [7, 11) is 0. The first-order valence-electron chi connectivity index (χ1n) is 7.34. The van der Waals surface area contributed by atoms with Crippen LogP contribution in [0.3, 0.4) is 0 Å². The lowest BCUT2D eigenvalue weighted by Gasteiger charge is -2.23. The summed E-state index contributed by atoms with van der Waals surface area (Å²) in [5, 5.41) is 0.566. The summed E-state index contributed by atoms with van der Waals surface area (Å²) >= 11 is 0. The molecule has 0 spiro atoms. The number of nitrogens with zero attached hydrogens (tertiary/aromatic N) is 3. The first kappa shape index (κ1) is 13.7. The first-order chi connectivity index (χ1) is 11.1. The summed E-state index contributed by atoms with van der Waals surface area (Å²) in [4.78, 5) is 45.9. The van der Waals surface area contributed by atoms with Crippen LogP contribution in [0.4, 0.5) is 0 Å². The molecule has 2 aromatic rings. The smallest absolute Gasteiger partial charge is 0.334 e. The third kappa shape index (κ3) is 2.12. The van der Waals surface area contributed by atoms with Gasteiger partial charge >= 0.3 is 5.97 Å². The Kier molecular flexibility index (Phi) is 3.00. The highest BCUT2D eigenvalue weighted by Gasteiger charge is 2.40. The molecule has 0 bridgehead atoms. The topological polar surface area (TPSA) is 81.5 Å². The molecule has 0 fully saturated rings. The number of hydroxylamine groups is 2. The van der Waals surface area contributed by atoms with E-state index in [4.69, 9.17) is 4.84 Å². The molecule has 116 valence electrons. The average molecular weight is 311 g/mol. The molecular weight excluding hydrogens is 298 g/mol. The number of carbonyl (C=O) groups excluding carboxylic acids is 3. The predicted octanol–water partition coefficient (Wildman–Crippen LogP) is 1.20. The van der Waals surface area contributed by atoms with Crippen LogP contribution in [-0.2, 0) is 22.6 Å². The molecule has 7 heteroatoms. The number of aryl methyl sites for hydroxylation is 1. The van der Waals surface area contributed by atoms with Gasteiger partial charge in [-0.15, -0.1) is 0 Å². The monoisotopic (exact) mass is 311 g/mol. The largest absolute Gasteiger partial charge is 0.338 e. The van der Waals surface area contributed by atoms with E-state index in [1.165, 1.54) is 0 Å². The standard InChI is InChI=1S/C16H13N3O4/c20-14-12-3-1-2-4-13(12)15(21)19(14)23-16(22)10-5-6-11-7-17-9-18(11)8-10/h1-4,7,9-10H,5-6,8H2. The SMILES string of the molecule is O=C(ON1C(=O)c2ccccc2C1=O)C1CCc2cncn2C1. The maximum absolute atomic E-state index is 12.3. The molecule has 0 N–H and O–H groups in total. The number of amides is 2. The molecular formula is C16H13N3O4. The van der Waals surface area contributed by atoms with E-state index in [9.17, 15) is 14.4 Å². The highest BCUT2D eigenvalue weighted by molar-refractivity contribution is 6.20. The minimum Gasteiger partial charge on any atom is -0.334 e. The quantitative estimate of drug-likeness (QED) is 0.778. The van der Waals surface area contributed by atoms with Crippen LogP contribution in [0.1, 0.15) is 32.8 Å². The van der Waals surface area contributed by atoms with Crippen LogP contribution in [0.15, 0.2) is 36.8 Å². The fourth-order valence-electron chi connectivity index (χ4n) is 2.98. The van der Waals surface area contributed by atoms with E-state index in [1.807, 2.05) is 4.57 Å². The van der Waals surface area contributed by atoms with Crippen molar-refractivity contribution in [3.05, 3.63) is 53.6 Å². The number of aromatic nitrogens is 2. The number of hydrogen-bond donors (Lipinski definition) is 0. The Balaban J connectivity index is 1.50. The molecule has 1 unspecified atom stereocenters. The number of imide groups is 1. The van der Waals surface area contributed by atoms with Gasteiger partial charge in [0, 0.05) is 18.4 Å². The highest BCUT2D eigenvalue weighted by Crippen LogP contribution is 2.25. The summed E-state index contributed by atoms with van der Waals surface area (Å²) in [6.07, 6.45) is 4.75. The van der Waals surface area contributed by atoms with Gasteiger partial charge in [-0.3, -0.25) is 9.59 Å². The van der Waals surface area contributed by atoms with E-state index < -0.39 is 23.7 Å². The lowest BCUT2D eigenvalue weighted by molar-refractivity contribution is -0.174. The zero-order chi connectivity index (χ0) is 16.0. The number of carbonyl (C=O) groups is 3. The van der Waals surface area contributed by atoms with Gasteiger partial charge in [0.15, 0.2) is 0 Å². The second-order valence-electron chi connectivity index (χ2n) is 5.63. The van der Waals surface area contributed by atoms with Gasteiger partial charge in [-0.2, -0.15) is 0 Å². The van der Waals surface area contributed by atoms with E-state index in [-0.39, 0.29) is 11.1 Å². The third-order valence-electron chi connectivity index (χ3n) is 4.24. The van der Waals surface area contributed by atoms with Gasteiger partial charge in [0.1, 0.15) is 0 Å². The summed E-state index contributed by atoms with van der Waals surface area (Å²) in [6, 6.07) is 6.41. The minimum atomic E-state index is -0.599. The van der Waals surface area contributed by atoms with E-state index >= 15 is 0 Å². The van der Waals surface area contributed by atoms with Gasteiger partial charge in [0.2, 0.25) is 0 Å². The van der Waals surface area contributed by atoms with Crippen molar-refractivity contribution in [2.45, 2.75) is 19.4 Å². The fraction of sp³-hybridized carbons (Fsp3) is 0.250. The molecule has 1 aromatic carbocycles. The number of rotatable bonds is 2. The van der Waals surface area contributed by atoms with Gasteiger partial charge in [-0.25, -0.2) is 9.78 Å². The molecule has 0 radical (unpaired) electrons. The van der Waals surface area contributed by atoms with Crippen LogP contribution in [0.5, 0.6) is 0 Å². The number of hydrogen-bond acceptors (Lipinski definition) is 5. The summed E-state index contributed by atoms with van der Waals surface area (Å²) in [6.45, 7) is 0.442. The van der Waals surface area contributed by atoms with Crippen molar-refractivity contribution in [3.8, 4) is 0 Å². The van der Waals surface area contributed by atoms with Crippen LogP contribution in [0, 0.1) is 5.92 Å². The molecule has 23 heavy (non-hydrogen) atoms. The van der Waals surface area contributed by atoms with Gasteiger partial charge in [0.05, 0.1) is 23.4 Å². The predicted molar refractivity (Wildman–Crippen MR) is 77.1 cm³/mol. The fourth-order valence-corrected chi connectivity index (χ4v) is 2.98. The van der Waals surface area contributed by atoms with Crippen LogP contribution in [0.2, 0.25) is 0 Å². The van der Waals surface area contributed by atoms with Crippen molar-refractivity contribution < 1.29 is 19.2 Å². The van der Waals surface area contributed by atoms with Gasteiger partial charge in [-0.05, 0) is 25.0 Å². The van der Waals surface area contributed by atoms with Crippen LogP contribution < -0.4 is 0 Å². The van der Waals surface area contributed by atoms with Gasteiger partial charge in [0.25, 0.3) is 11.8 Å². The molecule has 2 aliphatic rings. The number of fused-ring (bicyclic) bond motifs is 2. The molecule has 3 heterocycles. The average Bonchev–Trinajstić information content (AvgIpc) is 3.13. The Hall–Kier alpha value is -2.96. The Morgan fingerprint density at radius 3 is 2.57 bits per heavy atom. The first-order valence-corrected chi connectivity index (χ1v) is 7.34. The Morgan fingerprint density at radius 2 is 1.87 bits per heavy atom. The minimum absolute atomic E-state index is 0.255. The molecule has 2 amide bonds. The van der Waals surface area contributed by atoms with Crippen molar-refractivity contribution in [2.75, 3.05) is 0 Å². The molecule has 0 saturated heterocycles. The summed E-state index contributed by atoms with van der Waals surface area (Å²) < 4.78 is 1.89. The van der Waals surface area contributed by atoms with Crippen molar-refractivity contribution in [2.24, 2.45) is 5.92 Å². The van der Waals surface area contributed by atoms with Gasteiger partial charge in [-0.1, -0.05) is 17.2 Å². The lowest BCUT2D eigenvalue weighted by atomic mass is 9.98. The maximum atomic E-state index is 12.3. The highest BCUT2D eigenvalue weighted by atomic mass is 16.7. The normalized spacial score (nSPS) is 19.5. The Morgan fingerprint density at radius 1 is 1.17 bits per heavy atom.